The number of esters is 1. The van der Waals surface area contributed by atoms with Crippen LogP contribution in [0.1, 0.15) is 127 Å². The summed E-state index contributed by atoms with van der Waals surface area (Å²) in [5.41, 5.74) is -1.30. The zero-order valence-corrected chi connectivity index (χ0v) is 42.1. The number of allylic oxidation sites excluding steroid dienone is 2. The first kappa shape index (κ1) is 55.3. The summed E-state index contributed by atoms with van der Waals surface area (Å²) in [6.07, 6.45) is -15.5. The highest BCUT2D eigenvalue weighted by atomic mass is 16.8. The van der Waals surface area contributed by atoms with Crippen LogP contribution in [-0.2, 0) is 38.0 Å². The minimum atomic E-state index is -2.16. The smallest absolute Gasteiger partial charge is 0.305 e. The van der Waals surface area contributed by atoms with Crippen molar-refractivity contribution >= 4 is 5.97 Å². The van der Waals surface area contributed by atoms with Gasteiger partial charge < -0.3 is 89.3 Å². The molecule has 0 spiro atoms. The van der Waals surface area contributed by atoms with Gasteiger partial charge in [0.2, 0.25) is 6.29 Å². The average Bonchev–Trinajstić information content (AvgIpc) is 3.67. The van der Waals surface area contributed by atoms with E-state index in [1.165, 1.54) is 6.92 Å². The molecule has 25 atom stereocenters. The summed E-state index contributed by atoms with van der Waals surface area (Å²) in [7, 11) is 0. The predicted molar refractivity (Wildman–Crippen MR) is 243 cm³/mol. The van der Waals surface area contributed by atoms with E-state index < -0.39 is 134 Å². The molecule has 3 heterocycles. The first-order valence-electron chi connectivity index (χ1n) is 25.2. The second-order valence-electron chi connectivity index (χ2n) is 23.7. The monoisotopic (exact) mass is 989 g/mol. The summed E-state index contributed by atoms with van der Waals surface area (Å²) in [4.78, 5) is 12.1. The number of ether oxygens (including phenoxy) is 7. The Balaban J connectivity index is 1.15. The van der Waals surface area contributed by atoms with Crippen molar-refractivity contribution in [1.82, 2.24) is 0 Å². The molecule has 19 nitrogen and oxygen atoms in total. The number of carbonyl (C=O) groups is 1. The van der Waals surface area contributed by atoms with E-state index in [4.69, 9.17) is 33.2 Å². The van der Waals surface area contributed by atoms with E-state index in [9.17, 15) is 61.0 Å². The van der Waals surface area contributed by atoms with Crippen molar-refractivity contribution in [2.75, 3.05) is 13.2 Å². The summed E-state index contributed by atoms with van der Waals surface area (Å²) in [6, 6.07) is 0. The van der Waals surface area contributed by atoms with Crippen molar-refractivity contribution in [1.29, 1.82) is 0 Å². The fourth-order valence-corrected chi connectivity index (χ4v) is 15.2. The van der Waals surface area contributed by atoms with Crippen molar-refractivity contribution < 1.29 is 94.1 Å². The number of carbonyl (C=O) groups excluding carboxylic acids is 1. The van der Waals surface area contributed by atoms with Crippen LogP contribution in [0.4, 0.5) is 0 Å². The summed E-state index contributed by atoms with van der Waals surface area (Å²) in [5.74, 6) is -3.22. The van der Waals surface area contributed by atoms with E-state index in [2.05, 4.69) is 40.7 Å². The fourth-order valence-electron chi connectivity index (χ4n) is 15.2. The molecular formula is C50H84O19. The summed E-state index contributed by atoms with van der Waals surface area (Å²) in [5, 5.41) is 120. The lowest BCUT2D eigenvalue weighted by atomic mass is 9.35. The maximum absolute atomic E-state index is 12.7. The second kappa shape index (κ2) is 20.0. The maximum Gasteiger partial charge on any atom is 0.305 e. The number of fused-ring (bicyclic) bond motifs is 5. The molecule has 0 aromatic carbocycles. The molecule has 0 amide bonds. The van der Waals surface area contributed by atoms with Gasteiger partial charge in [0.15, 0.2) is 18.4 Å². The van der Waals surface area contributed by atoms with E-state index in [0.717, 1.165) is 38.2 Å². The summed E-state index contributed by atoms with van der Waals surface area (Å²) >= 11 is 0. The number of aliphatic hydroxyl groups is 11. The lowest BCUT2D eigenvalue weighted by Crippen LogP contribution is -2.69. The van der Waals surface area contributed by atoms with Crippen LogP contribution in [0.2, 0.25) is 0 Å². The first-order chi connectivity index (χ1) is 32.0. The van der Waals surface area contributed by atoms with Gasteiger partial charge in [-0.25, -0.2) is 0 Å². The van der Waals surface area contributed by atoms with E-state index in [0.29, 0.717) is 32.1 Å². The summed E-state index contributed by atoms with van der Waals surface area (Å²) in [6.45, 7) is 18.4. The summed E-state index contributed by atoms with van der Waals surface area (Å²) < 4.78 is 42.9. The highest BCUT2D eigenvalue weighted by molar-refractivity contribution is 5.66. The molecule has 4 aliphatic carbocycles. The molecule has 7 fully saturated rings. The topological polar surface area (TPSA) is 304 Å². The van der Waals surface area contributed by atoms with Gasteiger partial charge in [-0.05, 0) is 131 Å². The number of hydrogen-bond acceptors (Lipinski definition) is 19. The van der Waals surface area contributed by atoms with Gasteiger partial charge in [0.05, 0.1) is 31.0 Å². The molecule has 3 saturated heterocycles. The van der Waals surface area contributed by atoms with Crippen LogP contribution in [0.5, 0.6) is 0 Å². The molecule has 0 aromatic rings. The molecule has 4 saturated carbocycles. The normalized spacial score (nSPS) is 51.6. The molecule has 7 aliphatic rings. The molecule has 0 bridgehead atoms. The van der Waals surface area contributed by atoms with Gasteiger partial charge in [-0.2, -0.15) is 0 Å². The Labute approximate surface area is 406 Å². The van der Waals surface area contributed by atoms with E-state index in [1.807, 2.05) is 20.8 Å². The van der Waals surface area contributed by atoms with Crippen LogP contribution in [0.25, 0.3) is 0 Å². The lowest BCUT2D eigenvalue weighted by molar-refractivity contribution is -0.422. The molecule has 11 N–H and O–H groups in total. The molecular weight excluding hydrogens is 905 g/mol. The van der Waals surface area contributed by atoms with Crippen molar-refractivity contribution in [2.45, 2.75) is 237 Å². The van der Waals surface area contributed by atoms with Gasteiger partial charge in [-0.15, -0.1) is 0 Å². The third kappa shape index (κ3) is 9.42. The van der Waals surface area contributed by atoms with Gasteiger partial charge in [0, 0.05) is 6.92 Å². The van der Waals surface area contributed by atoms with Crippen molar-refractivity contribution in [2.24, 2.45) is 45.3 Å². The molecule has 7 rings (SSSR count). The third-order valence-electron chi connectivity index (χ3n) is 19.1. The molecule has 25 unspecified atom stereocenters. The highest BCUT2D eigenvalue weighted by Crippen LogP contribution is 2.76. The molecule has 3 aliphatic heterocycles. The minimum absolute atomic E-state index is 0.0425. The Morgan fingerprint density at radius 2 is 1.32 bits per heavy atom. The largest absolute Gasteiger partial charge is 0.433 e. The molecule has 0 aromatic heterocycles. The van der Waals surface area contributed by atoms with E-state index in [-0.39, 0.29) is 39.9 Å². The second-order valence-corrected chi connectivity index (χ2v) is 23.7. The first-order valence-corrected chi connectivity index (χ1v) is 25.2. The average molecular weight is 989 g/mol. The minimum Gasteiger partial charge on any atom is -0.433 e. The Bertz CT molecular complexity index is 1830. The van der Waals surface area contributed by atoms with Crippen LogP contribution in [0.3, 0.4) is 0 Å². The Morgan fingerprint density at radius 3 is 1.94 bits per heavy atom. The fraction of sp³-hybridized carbons (Fsp3) is 0.940. The van der Waals surface area contributed by atoms with Gasteiger partial charge in [0.1, 0.15) is 67.1 Å². The zero-order valence-electron chi connectivity index (χ0n) is 42.1. The van der Waals surface area contributed by atoms with Crippen LogP contribution < -0.4 is 0 Å². The van der Waals surface area contributed by atoms with Crippen LogP contribution in [-0.4, -0.2) is 185 Å². The highest BCUT2D eigenvalue weighted by Gasteiger charge is 2.72. The van der Waals surface area contributed by atoms with Crippen molar-refractivity contribution in [3.8, 4) is 0 Å². The molecule has 69 heavy (non-hydrogen) atoms. The predicted octanol–water partition coefficient (Wildman–Crippen LogP) is 0.892. The quantitative estimate of drug-likeness (QED) is 0.0694. The maximum atomic E-state index is 12.7. The van der Waals surface area contributed by atoms with Gasteiger partial charge >= 0.3 is 5.97 Å². The van der Waals surface area contributed by atoms with Crippen LogP contribution in [0.15, 0.2) is 11.6 Å². The Morgan fingerprint density at radius 1 is 0.696 bits per heavy atom. The molecule has 398 valence electrons. The molecule has 0 radical (unpaired) electrons. The SMILES string of the molecule is CC(=O)OC1OC(OC2CCC3(C)C(CCC4(C)C3CC(O)C3C(C(C)(CCC=C(C)C)OC5OC(CO)C(O)C(O)C5O)CCC34C)C2(C)C)C(OC2(C)OC(CO)C(O)C(O)C2O)C(O)C1O. The number of rotatable bonds is 13. The van der Waals surface area contributed by atoms with Gasteiger partial charge in [-0.1, -0.05) is 46.3 Å². The van der Waals surface area contributed by atoms with E-state index >= 15 is 0 Å². The molecule has 19 heteroatoms. The Hall–Kier alpha value is -1.47. The lowest BCUT2D eigenvalue weighted by Gasteiger charge is -2.71. The number of hydrogen-bond donors (Lipinski definition) is 11. The standard InChI is InChI=1S/C50H84O19/c1-23(2)12-11-16-49(9,69-43-38(60)35(57)33(55)27(21-51)64-43)25-13-18-48(8)32(25)26(54)20-30-46(6)17-15-31(45(4,5)29(46)14-19-47(30,48)7)65-44-40(36(58)39(61)42(66-44)63-24(3)53)68-50(10)41(62)37(59)34(56)28(22-52)67-50/h12,25-44,51-52,54-62H,11,13-22H2,1-10H3. The third-order valence-corrected chi connectivity index (χ3v) is 19.1. The van der Waals surface area contributed by atoms with Crippen molar-refractivity contribution in [3.63, 3.8) is 0 Å². The van der Waals surface area contributed by atoms with Crippen molar-refractivity contribution in [3.05, 3.63) is 11.6 Å². The van der Waals surface area contributed by atoms with Crippen LogP contribution in [0, 0.1) is 45.3 Å². The zero-order chi connectivity index (χ0) is 51.1. The van der Waals surface area contributed by atoms with Gasteiger partial charge in [-0.3, -0.25) is 4.79 Å². The number of aliphatic hydroxyl groups excluding tert-OH is 11. The Kier molecular flexibility index (Phi) is 16.0. The van der Waals surface area contributed by atoms with Gasteiger partial charge in [0.25, 0.3) is 0 Å². The van der Waals surface area contributed by atoms with E-state index in [1.54, 1.807) is 0 Å². The van der Waals surface area contributed by atoms with Crippen LogP contribution >= 0.6 is 0 Å².